The Bertz CT molecular complexity index is 943. The lowest BCUT2D eigenvalue weighted by Gasteiger charge is -2.47. The zero-order valence-electron chi connectivity index (χ0n) is 20.0. The molecule has 4 rings (SSSR count). The summed E-state index contributed by atoms with van der Waals surface area (Å²) in [5.41, 5.74) is 3.24. The van der Waals surface area contributed by atoms with Crippen LogP contribution in [-0.2, 0) is 17.6 Å². The highest BCUT2D eigenvalue weighted by Gasteiger charge is 2.46. The molecular weight excluding hydrogens is 414 g/mol. The number of ether oxygens (including phenoxy) is 1. The van der Waals surface area contributed by atoms with Gasteiger partial charge in [0, 0.05) is 37.7 Å². The van der Waals surface area contributed by atoms with Crippen molar-refractivity contribution in [3.63, 3.8) is 0 Å². The van der Waals surface area contributed by atoms with Crippen molar-refractivity contribution in [3.05, 3.63) is 59.3 Å². The van der Waals surface area contributed by atoms with Gasteiger partial charge in [0.25, 0.3) is 0 Å². The molecule has 2 heterocycles. The van der Waals surface area contributed by atoms with Crippen LogP contribution in [0.25, 0.3) is 0 Å². The number of aliphatic hydroxyl groups excluding tert-OH is 1. The van der Waals surface area contributed by atoms with E-state index in [0.29, 0.717) is 18.9 Å². The number of rotatable bonds is 9. The molecule has 33 heavy (non-hydrogen) atoms. The van der Waals surface area contributed by atoms with Crippen molar-refractivity contribution in [2.75, 3.05) is 6.54 Å². The second-order valence-electron chi connectivity index (χ2n) is 10.2. The van der Waals surface area contributed by atoms with Gasteiger partial charge >= 0.3 is 0 Å². The molecule has 1 aliphatic carbocycles. The number of carbonyl (C=O) groups is 1. The van der Waals surface area contributed by atoms with Crippen molar-refractivity contribution in [1.82, 2.24) is 15.6 Å². The number of amides is 1. The maximum Gasteiger partial charge on any atom is 0.218 e. The van der Waals surface area contributed by atoms with Gasteiger partial charge in [-0.05, 0) is 55.2 Å². The van der Waals surface area contributed by atoms with Crippen molar-refractivity contribution in [2.45, 2.75) is 83.1 Å². The standard InChI is InChI=1S/C27H37N3O3/c1-18(2)12-21-13-22-24(15-27(10-7-11-27)33-26(22)29-16-21)28-17-25(32)23(30-19(3)31)14-20-8-5-4-6-9-20/h4-6,8-9,13,16,18,23-25,28,32H,7,10-12,14-15,17H2,1-3H3,(H,30,31)/t23-,24-,25-/m0/s1. The van der Waals surface area contributed by atoms with Crippen LogP contribution >= 0.6 is 0 Å². The number of hydrogen-bond acceptors (Lipinski definition) is 5. The fourth-order valence-corrected chi connectivity index (χ4v) is 5.04. The maximum atomic E-state index is 11.8. The van der Waals surface area contributed by atoms with Crippen LogP contribution < -0.4 is 15.4 Å². The number of fused-ring (bicyclic) bond motifs is 1. The van der Waals surface area contributed by atoms with Crippen LogP contribution in [0.3, 0.4) is 0 Å². The van der Waals surface area contributed by atoms with Crippen molar-refractivity contribution in [1.29, 1.82) is 0 Å². The third-order valence-corrected chi connectivity index (χ3v) is 6.83. The van der Waals surface area contributed by atoms with Crippen molar-refractivity contribution < 1.29 is 14.6 Å². The summed E-state index contributed by atoms with van der Waals surface area (Å²) in [6.45, 7) is 6.29. The molecule has 178 valence electrons. The first-order valence-corrected chi connectivity index (χ1v) is 12.2. The van der Waals surface area contributed by atoms with Crippen molar-refractivity contribution in [3.8, 4) is 5.88 Å². The van der Waals surface area contributed by atoms with E-state index in [9.17, 15) is 9.90 Å². The Morgan fingerprint density at radius 1 is 1.21 bits per heavy atom. The van der Waals surface area contributed by atoms with E-state index in [4.69, 9.17) is 4.74 Å². The summed E-state index contributed by atoms with van der Waals surface area (Å²) in [6.07, 6.45) is 6.93. The third-order valence-electron chi connectivity index (χ3n) is 6.83. The number of aromatic nitrogens is 1. The minimum Gasteiger partial charge on any atom is -0.471 e. The summed E-state index contributed by atoms with van der Waals surface area (Å²) in [5.74, 6) is 1.14. The fourth-order valence-electron chi connectivity index (χ4n) is 5.04. The van der Waals surface area contributed by atoms with Crippen LogP contribution in [0.1, 0.15) is 69.2 Å². The Labute approximate surface area is 197 Å². The minimum absolute atomic E-state index is 0.0676. The summed E-state index contributed by atoms with van der Waals surface area (Å²) < 4.78 is 6.36. The summed E-state index contributed by atoms with van der Waals surface area (Å²) in [7, 11) is 0. The fraction of sp³-hybridized carbons (Fsp3) is 0.556. The summed E-state index contributed by atoms with van der Waals surface area (Å²) in [5, 5.41) is 17.6. The average Bonchev–Trinajstić information content (AvgIpc) is 2.75. The Kier molecular flexibility index (Phi) is 7.35. The summed E-state index contributed by atoms with van der Waals surface area (Å²) >= 11 is 0. The van der Waals surface area contributed by atoms with Crippen molar-refractivity contribution >= 4 is 5.91 Å². The number of pyridine rings is 1. The normalized spacial score (nSPS) is 20.5. The zero-order valence-corrected chi connectivity index (χ0v) is 20.0. The van der Waals surface area contributed by atoms with Crippen LogP contribution in [0.2, 0.25) is 0 Å². The zero-order chi connectivity index (χ0) is 23.4. The molecule has 1 spiro atoms. The van der Waals surface area contributed by atoms with Crippen LogP contribution in [0.5, 0.6) is 5.88 Å². The Hall–Kier alpha value is -2.44. The molecule has 1 fully saturated rings. The van der Waals surface area contributed by atoms with E-state index in [1.165, 1.54) is 18.9 Å². The largest absolute Gasteiger partial charge is 0.471 e. The lowest BCUT2D eigenvalue weighted by molar-refractivity contribution is -0.120. The number of hydrogen-bond donors (Lipinski definition) is 3. The number of nitrogens with zero attached hydrogens (tertiary/aromatic N) is 1. The van der Waals surface area contributed by atoms with Gasteiger partial charge in [-0.25, -0.2) is 4.98 Å². The first kappa shape index (κ1) is 23.7. The van der Waals surface area contributed by atoms with Crippen LogP contribution in [-0.4, -0.2) is 40.3 Å². The second-order valence-corrected chi connectivity index (χ2v) is 10.2. The van der Waals surface area contributed by atoms with E-state index >= 15 is 0 Å². The van der Waals surface area contributed by atoms with Crippen LogP contribution in [0, 0.1) is 5.92 Å². The van der Waals surface area contributed by atoms with E-state index < -0.39 is 6.10 Å². The number of aliphatic hydroxyl groups is 1. The highest BCUT2D eigenvalue weighted by atomic mass is 16.5. The predicted octanol–water partition coefficient (Wildman–Crippen LogP) is 3.72. The molecule has 0 bridgehead atoms. The molecular formula is C27H37N3O3. The molecule has 1 saturated carbocycles. The molecule has 1 amide bonds. The van der Waals surface area contributed by atoms with Gasteiger partial charge < -0.3 is 20.5 Å². The van der Waals surface area contributed by atoms with E-state index in [1.54, 1.807) is 0 Å². The Morgan fingerprint density at radius 2 is 1.97 bits per heavy atom. The third kappa shape index (κ3) is 5.92. The Morgan fingerprint density at radius 3 is 2.61 bits per heavy atom. The molecule has 3 N–H and O–H groups in total. The van der Waals surface area contributed by atoms with Gasteiger partial charge in [0.05, 0.1) is 12.1 Å². The highest BCUT2D eigenvalue weighted by Crippen LogP contribution is 2.48. The molecule has 1 aliphatic heterocycles. The topological polar surface area (TPSA) is 83.5 Å². The van der Waals surface area contributed by atoms with Gasteiger partial charge in [-0.2, -0.15) is 0 Å². The smallest absolute Gasteiger partial charge is 0.218 e. The molecule has 0 saturated heterocycles. The number of nitrogens with one attached hydrogen (secondary N) is 2. The molecule has 2 aliphatic rings. The molecule has 1 aromatic carbocycles. The molecule has 0 radical (unpaired) electrons. The molecule has 6 heteroatoms. The Balaban J connectivity index is 1.48. The first-order valence-electron chi connectivity index (χ1n) is 12.2. The van der Waals surface area contributed by atoms with E-state index in [1.807, 2.05) is 36.5 Å². The molecule has 2 aromatic rings. The predicted molar refractivity (Wildman–Crippen MR) is 129 cm³/mol. The molecule has 6 nitrogen and oxygen atoms in total. The number of carbonyl (C=O) groups excluding carboxylic acids is 1. The summed E-state index contributed by atoms with van der Waals surface area (Å²) in [6, 6.07) is 11.9. The van der Waals surface area contributed by atoms with Crippen LogP contribution in [0.4, 0.5) is 0 Å². The molecule has 0 unspecified atom stereocenters. The van der Waals surface area contributed by atoms with E-state index in [-0.39, 0.29) is 23.6 Å². The van der Waals surface area contributed by atoms with Gasteiger partial charge in [0.15, 0.2) is 0 Å². The molecule has 3 atom stereocenters. The first-order chi connectivity index (χ1) is 15.8. The summed E-state index contributed by atoms with van der Waals surface area (Å²) in [4.78, 5) is 16.5. The average molecular weight is 452 g/mol. The highest BCUT2D eigenvalue weighted by molar-refractivity contribution is 5.73. The van der Waals surface area contributed by atoms with Gasteiger partial charge in [0.2, 0.25) is 11.8 Å². The minimum atomic E-state index is -0.718. The van der Waals surface area contributed by atoms with Gasteiger partial charge in [0.1, 0.15) is 5.60 Å². The maximum absolute atomic E-state index is 11.8. The van der Waals surface area contributed by atoms with Gasteiger partial charge in [-0.15, -0.1) is 0 Å². The second kappa shape index (κ2) is 10.2. The van der Waals surface area contributed by atoms with Gasteiger partial charge in [-0.3, -0.25) is 4.79 Å². The van der Waals surface area contributed by atoms with Crippen LogP contribution in [0.15, 0.2) is 42.6 Å². The van der Waals surface area contributed by atoms with E-state index in [0.717, 1.165) is 42.7 Å². The van der Waals surface area contributed by atoms with Gasteiger partial charge in [-0.1, -0.05) is 44.2 Å². The lowest BCUT2D eigenvalue weighted by Crippen LogP contribution is -2.52. The van der Waals surface area contributed by atoms with Crippen molar-refractivity contribution in [2.24, 2.45) is 5.92 Å². The molecule has 1 aromatic heterocycles. The monoisotopic (exact) mass is 451 g/mol. The SMILES string of the molecule is CC(=O)N[C@@H](Cc1ccccc1)[C@@H](O)CN[C@H]1CC2(CCC2)Oc2ncc(CC(C)C)cc21. The van der Waals surface area contributed by atoms with E-state index in [2.05, 4.69) is 35.5 Å². The number of benzene rings is 1. The quantitative estimate of drug-likeness (QED) is 0.541. The lowest BCUT2D eigenvalue weighted by atomic mass is 9.73.